The minimum Gasteiger partial charge on any atom is -0.490 e. The van der Waals surface area contributed by atoms with Crippen LogP contribution >= 0.6 is 12.6 Å². The van der Waals surface area contributed by atoms with E-state index in [1.807, 2.05) is 10.9 Å². The second-order valence-corrected chi connectivity index (χ2v) is 4.21. The monoisotopic (exact) mass is 214 g/mol. The first-order valence-electron chi connectivity index (χ1n) is 4.91. The number of ether oxygens (including phenoxy) is 1. The summed E-state index contributed by atoms with van der Waals surface area (Å²) < 4.78 is 7.45. The van der Waals surface area contributed by atoms with Crippen LogP contribution in [0.4, 0.5) is 0 Å². The lowest BCUT2D eigenvalue weighted by molar-refractivity contribution is 0.273. The average Bonchev–Trinajstić information content (AvgIpc) is 2.62. The molecule has 0 aliphatic rings. The van der Waals surface area contributed by atoms with Gasteiger partial charge in [0.1, 0.15) is 0 Å². The van der Waals surface area contributed by atoms with Crippen LogP contribution in [0.25, 0.3) is 0 Å². The van der Waals surface area contributed by atoms with Crippen molar-refractivity contribution in [3.05, 3.63) is 12.4 Å². The minimum atomic E-state index is 0.384. The number of hydrogen-bond donors (Lipinski definition) is 1. The summed E-state index contributed by atoms with van der Waals surface area (Å²) in [6.07, 6.45) is 3.68. The highest BCUT2D eigenvalue weighted by Crippen LogP contribution is 2.13. The fraction of sp³-hybridized carbons (Fsp3) is 0.700. The second kappa shape index (κ2) is 5.29. The highest BCUT2D eigenvalue weighted by molar-refractivity contribution is 7.80. The molecule has 14 heavy (non-hydrogen) atoms. The maximum Gasteiger partial charge on any atom is 0.157 e. The van der Waals surface area contributed by atoms with E-state index in [2.05, 4.69) is 38.5 Å². The van der Waals surface area contributed by atoms with Crippen LogP contribution < -0.4 is 4.74 Å². The topological polar surface area (TPSA) is 27.1 Å². The molecule has 0 aromatic carbocycles. The van der Waals surface area contributed by atoms with E-state index in [9.17, 15) is 0 Å². The Hall–Kier alpha value is -0.640. The molecule has 80 valence electrons. The van der Waals surface area contributed by atoms with Crippen LogP contribution in [-0.4, -0.2) is 22.1 Å². The van der Waals surface area contributed by atoms with E-state index in [0.717, 1.165) is 11.5 Å². The number of hydrogen-bond acceptors (Lipinski definition) is 3. The maximum absolute atomic E-state index is 5.56. The van der Waals surface area contributed by atoms with E-state index < -0.39 is 0 Å². The summed E-state index contributed by atoms with van der Waals surface area (Å²) in [5, 5.41) is 4.19. The molecule has 0 fully saturated rings. The lowest BCUT2D eigenvalue weighted by Gasteiger charge is -2.08. The van der Waals surface area contributed by atoms with Crippen molar-refractivity contribution in [2.45, 2.75) is 26.8 Å². The van der Waals surface area contributed by atoms with E-state index >= 15 is 0 Å². The summed E-state index contributed by atoms with van der Waals surface area (Å²) in [7, 11) is 0. The molecule has 3 nitrogen and oxygen atoms in total. The second-order valence-electron chi connectivity index (χ2n) is 3.85. The van der Waals surface area contributed by atoms with Gasteiger partial charge in [0.25, 0.3) is 0 Å². The van der Waals surface area contributed by atoms with E-state index in [4.69, 9.17) is 4.74 Å². The normalized spacial score (nSPS) is 13.2. The van der Waals surface area contributed by atoms with Crippen molar-refractivity contribution in [2.24, 2.45) is 5.92 Å². The van der Waals surface area contributed by atoms with E-state index in [-0.39, 0.29) is 0 Å². The lowest BCUT2D eigenvalue weighted by atomic mass is 10.2. The molecule has 1 atom stereocenters. The first-order chi connectivity index (χ1) is 6.63. The van der Waals surface area contributed by atoms with Gasteiger partial charge in [0.05, 0.1) is 19.0 Å². The zero-order valence-corrected chi connectivity index (χ0v) is 9.87. The molecule has 0 aliphatic heterocycles. The van der Waals surface area contributed by atoms with E-state index in [1.54, 1.807) is 6.20 Å². The maximum atomic E-state index is 5.56. The molecule has 0 spiro atoms. The van der Waals surface area contributed by atoms with Gasteiger partial charge in [0.2, 0.25) is 0 Å². The van der Waals surface area contributed by atoms with Crippen molar-refractivity contribution in [2.75, 3.05) is 12.4 Å². The Morgan fingerprint density at radius 1 is 1.50 bits per heavy atom. The molecule has 0 saturated carbocycles. The van der Waals surface area contributed by atoms with Crippen LogP contribution in [-0.2, 0) is 0 Å². The van der Waals surface area contributed by atoms with Crippen molar-refractivity contribution < 1.29 is 4.74 Å². The van der Waals surface area contributed by atoms with Crippen molar-refractivity contribution in [3.8, 4) is 5.75 Å². The molecule has 1 aromatic rings. The van der Waals surface area contributed by atoms with Crippen molar-refractivity contribution in [1.29, 1.82) is 0 Å². The van der Waals surface area contributed by atoms with Gasteiger partial charge in [0.15, 0.2) is 5.75 Å². The third-order valence-electron chi connectivity index (χ3n) is 1.95. The SMILES string of the molecule is CC(CS)COc1cnn(C(C)C)c1. The zero-order valence-electron chi connectivity index (χ0n) is 8.97. The van der Waals surface area contributed by atoms with Gasteiger partial charge in [-0.1, -0.05) is 6.92 Å². The van der Waals surface area contributed by atoms with Crippen LogP contribution in [0.15, 0.2) is 12.4 Å². The van der Waals surface area contributed by atoms with Crippen molar-refractivity contribution >= 4 is 12.6 Å². The number of rotatable bonds is 5. The Balaban J connectivity index is 2.44. The zero-order chi connectivity index (χ0) is 10.6. The molecule has 4 heteroatoms. The predicted molar refractivity (Wildman–Crippen MR) is 61.1 cm³/mol. The summed E-state index contributed by atoms with van der Waals surface area (Å²) in [5.74, 6) is 2.16. The van der Waals surface area contributed by atoms with Crippen LogP contribution in [0.5, 0.6) is 5.75 Å². The predicted octanol–water partition coefficient (Wildman–Crippen LogP) is 2.41. The smallest absolute Gasteiger partial charge is 0.157 e. The minimum absolute atomic E-state index is 0.384. The van der Waals surface area contributed by atoms with Gasteiger partial charge in [-0.25, -0.2) is 0 Å². The molecule has 0 bridgehead atoms. The highest BCUT2D eigenvalue weighted by Gasteiger charge is 2.04. The first-order valence-corrected chi connectivity index (χ1v) is 5.54. The summed E-state index contributed by atoms with van der Waals surface area (Å²) in [6.45, 7) is 6.99. The molecule has 1 rings (SSSR count). The Labute approximate surface area is 90.9 Å². The van der Waals surface area contributed by atoms with Crippen LogP contribution in [0.3, 0.4) is 0 Å². The Morgan fingerprint density at radius 3 is 2.71 bits per heavy atom. The third-order valence-corrected chi connectivity index (χ3v) is 2.58. The number of nitrogens with zero attached hydrogens (tertiary/aromatic N) is 2. The summed E-state index contributed by atoms with van der Waals surface area (Å²) in [5.41, 5.74) is 0. The number of thiol groups is 1. The van der Waals surface area contributed by atoms with Crippen LogP contribution in [0, 0.1) is 5.92 Å². The molecule has 1 heterocycles. The molecular weight excluding hydrogens is 196 g/mol. The van der Waals surface area contributed by atoms with Gasteiger partial charge in [-0.05, 0) is 25.5 Å². The molecule has 0 aliphatic carbocycles. The van der Waals surface area contributed by atoms with Gasteiger partial charge >= 0.3 is 0 Å². The largest absolute Gasteiger partial charge is 0.490 e. The van der Waals surface area contributed by atoms with E-state index in [0.29, 0.717) is 18.6 Å². The van der Waals surface area contributed by atoms with Gasteiger partial charge in [-0.15, -0.1) is 0 Å². The quantitative estimate of drug-likeness (QED) is 0.762. The third kappa shape index (κ3) is 3.25. The molecule has 1 aromatic heterocycles. The lowest BCUT2D eigenvalue weighted by Crippen LogP contribution is -2.09. The van der Waals surface area contributed by atoms with Gasteiger partial charge < -0.3 is 4.74 Å². The molecule has 1 unspecified atom stereocenters. The molecule has 0 radical (unpaired) electrons. The van der Waals surface area contributed by atoms with E-state index in [1.165, 1.54) is 0 Å². The summed E-state index contributed by atoms with van der Waals surface area (Å²) in [4.78, 5) is 0. The van der Waals surface area contributed by atoms with Crippen molar-refractivity contribution in [1.82, 2.24) is 9.78 Å². The summed E-state index contributed by atoms with van der Waals surface area (Å²) >= 11 is 4.20. The number of aromatic nitrogens is 2. The molecular formula is C10H18N2OS. The van der Waals surface area contributed by atoms with Gasteiger partial charge in [0, 0.05) is 6.04 Å². The standard InChI is InChI=1S/C10H18N2OS/c1-8(2)12-5-10(4-11-12)13-6-9(3)7-14/h4-5,8-9,14H,6-7H2,1-3H3. The summed E-state index contributed by atoms with van der Waals surface area (Å²) in [6, 6.07) is 0.384. The van der Waals surface area contributed by atoms with Gasteiger partial charge in [-0.2, -0.15) is 17.7 Å². The average molecular weight is 214 g/mol. The Kier molecular flexibility index (Phi) is 4.32. The van der Waals surface area contributed by atoms with Crippen LogP contribution in [0.2, 0.25) is 0 Å². The fourth-order valence-electron chi connectivity index (χ4n) is 0.969. The first kappa shape index (κ1) is 11.4. The van der Waals surface area contributed by atoms with Gasteiger partial charge in [-0.3, -0.25) is 4.68 Å². The molecule has 0 saturated heterocycles. The van der Waals surface area contributed by atoms with Crippen molar-refractivity contribution in [3.63, 3.8) is 0 Å². The molecule has 0 amide bonds. The highest BCUT2D eigenvalue weighted by atomic mass is 32.1. The molecule has 0 N–H and O–H groups in total. The Bertz CT molecular complexity index is 273. The Morgan fingerprint density at radius 2 is 2.21 bits per heavy atom. The van der Waals surface area contributed by atoms with Crippen LogP contribution in [0.1, 0.15) is 26.8 Å². The fourth-order valence-corrected chi connectivity index (χ4v) is 1.07.